The molecule has 2 unspecified atom stereocenters. The minimum absolute atomic E-state index is 0.195. The van der Waals surface area contributed by atoms with Crippen molar-refractivity contribution in [2.24, 2.45) is 5.92 Å². The molecule has 0 aromatic carbocycles. The molecule has 3 nitrogen and oxygen atoms in total. The van der Waals surface area contributed by atoms with Crippen molar-refractivity contribution in [1.82, 2.24) is 5.32 Å². The highest BCUT2D eigenvalue weighted by Gasteiger charge is 2.20. The molecule has 1 aliphatic carbocycles. The first-order valence-electron chi connectivity index (χ1n) is 7.12. The van der Waals surface area contributed by atoms with Crippen LogP contribution < -0.4 is 5.32 Å². The van der Waals surface area contributed by atoms with Crippen molar-refractivity contribution in [3.63, 3.8) is 0 Å². The van der Waals surface area contributed by atoms with E-state index in [1.165, 1.54) is 32.1 Å². The van der Waals surface area contributed by atoms with E-state index < -0.39 is 0 Å². The highest BCUT2D eigenvalue weighted by Crippen LogP contribution is 2.26. The lowest BCUT2D eigenvalue weighted by molar-refractivity contribution is 0.00474. The van der Waals surface area contributed by atoms with Crippen molar-refractivity contribution in [1.29, 1.82) is 0 Å². The zero-order valence-corrected chi connectivity index (χ0v) is 11.6. The largest absolute Gasteiger partial charge is 0.389 e. The summed E-state index contributed by atoms with van der Waals surface area (Å²) in [5.74, 6) is 0.793. The monoisotopic (exact) mass is 243 g/mol. The predicted molar refractivity (Wildman–Crippen MR) is 71.1 cm³/mol. The van der Waals surface area contributed by atoms with Gasteiger partial charge in [-0.25, -0.2) is 0 Å². The molecule has 0 radical (unpaired) electrons. The van der Waals surface area contributed by atoms with Crippen molar-refractivity contribution in [2.75, 3.05) is 13.2 Å². The zero-order chi connectivity index (χ0) is 12.7. The highest BCUT2D eigenvalue weighted by atomic mass is 16.5. The first kappa shape index (κ1) is 14.9. The van der Waals surface area contributed by atoms with Crippen LogP contribution in [-0.4, -0.2) is 36.5 Å². The molecule has 0 saturated heterocycles. The molecule has 3 heteroatoms. The second-order valence-corrected chi connectivity index (χ2v) is 5.63. The summed E-state index contributed by atoms with van der Waals surface area (Å²) >= 11 is 0. The number of hydrogen-bond donors (Lipinski definition) is 2. The Bertz CT molecular complexity index is 191. The minimum atomic E-state index is -0.386. The summed E-state index contributed by atoms with van der Waals surface area (Å²) in [5.41, 5.74) is 0. The number of nitrogens with one attached hydrogen (secondary N) is 1. The Morgan fingerprint density at radius 2 is 1.82 bits per heavy atom. The molecule has 0 aliphatic heterocycles. The van der Waals surface area contributed by atoms with Crippen molar-refractivity contribution in [2.45, 2.75) is 71.1 Å². The van der Waals surface area contributed by atoms with E-state index in [1.807, 2.05) is 13.8 Å². The molecule has 0 aromatic rings. The molecule has 0 bridgehead atoms. The number of hydrogen-bond acceptors (Lipinski definition) is 3. The van der Waals surface area contributed by atoms with Crippen molar-refractivity contribution in [3.05, 3.63) is 0 Å². The van der Waals surface area contributed by atoms with Gasteiger partial charge in [0.25, 0.3) is 0 Å². The van der Waals surface area contributed by atoms with E-state index in [1.54, 1.807) is 0 Å². The summed E-state index contributed by atoms with van der Waals surface area (Å²) < 4.78 is 5.39. The molecule has 1 saturated carbocycles. The molecule has 0 heterocycles. The van der Waals surface area contributed by atoms with Gasteiger partial charge in [-0.05, 0) is 39.5 Å². The second-order valence-electron chi connectivity index (χ2n) is 5.63. The Hall–Kier alpha value is -0.120. The fourth-order valence-electron chi connectivity index (χ4n) is 2.49. The molecule has 1 rings (SSSR count). The Morgan fingerprint density at radius 3 is 2.41 bits per heavy atom. The lowest BCUT2D eigenvalue weighted by Crippen LogP contribution is -2.40. The number of ether oxygens (including phenoxy) is 1. The van der Waals surface area contributed by atoms with E-state index in [0.29, 0.717) is 19.2 Å². The van der Waals surface area contributed by atoms with E-state index in [-0.39, 0.29) is 12.2 Å². The Labute approximate surface area is 106 Å². The maximum Gasteiger partial charge on any atom is 0.0897 e. The third-order valence-electron chi connectivity index (χ3n) is 3.65. The standard InChI is InChI=1S/C14H29NO2/c1-11(2)17-10-14(16)9-15-12(3)13-7-5-4-6-8-13/h11-16H,4-10H2,1-3H3. The van der Waals surface area contributed by atoms with Crippen LogP contribution in [0.4, 0.5) is 0 Å². The van der Waals surface area contributed by atoms with Gasteiger partial charge in [0.05, 0.1) is 18.8 Å². The molecule has 17 heavy (non-hydrogen) atoms. The fourth-order valence-corrected chi connectivity index (χ4v) is 2.49. The molecule has 2 N–H and O–H groups in total. The molecule has 2 atom stereocenters. The van der Waals surface area contributed by atoms with E-state index in [9.17, 15) is 5.11 Å². The van der Waals surface area contributed by atoms with Gasteiger partial charge >= 0.3 is 0 Å². The van der Waals surface area contributed by atoms with Crippen LogP contribution in [0.3, 0.4) is 0 Å². The smallest absolute Gasteiger partial charge is 0.0897 e. The van der Waals surface area contributed by atoms with Crippen LogP contribution in [0, 0.1) is 5.92 Å². The summed E-state index contributed by atoms with van der Waals surface area (Å²) in [4.78, 5) is 0. The van der Waals surface area contributed by atoms with Crippen LogP contribution in [0.25, 0.3) is 0 Å². The van der Waals surface area contributed by atoms with Gasteiger partial charge in [0, 0.05) is 12.6 Å². The summed E-state index contributed by atoms with van der Waals surface area (Å²) in [6.07, 6.45) is 6.63. The first-order valence-corrected chi connectivity index (χ1v) is 7.12. The average molecular weight is 243 g/mol. The third-order valence-corrected chi connectivity index (χ3v) is 3.65. The van der Waals surface area contributed by atoms with Crippen molar-refractivity contribution in [3.8, 4) is 0 Å². The van der Waals surface area contributed by atoms with Crippen LogP contribution in [0.5, 0.6) is 0 Å². The number of rotatable bonds is 7. The first-order chi connectivity index (χ1) is 8.09. The summed E-state index contributed by atoms with van der Waals surface area (Å²) in [6.45, 7) is 7.30. The molecule has 1 fully saturated rings. The molecule has 0 spiro atoms. The fraction of sp³-hybridized carbons (Fsp3) is 1.00. The van der Waals surface area contributed by atoms with Gasteiger partial charge in [0.15, 0.2) is 0 Å². The van der Waals surface area contributed by atoms with Gasteiger partial charge in [-0.15, -0.1) is 0 Å². The molecule has 0 amide bonds. The van der Waals surface area contributed by atoms with E-state index >= 15 is 0 Å². The van der Waals surface area contributed by atoms with E-state index in [4.69, 9.17) is 4.74 Å². The van der Waals surface area contributed by atoms with Crippen molar-refractivity contribution < 1.29 is 9.84 Å². The zero-order valence-electron chi connectivity index (χ0n) is 11.6. The van der Waals surface area contributed by atoms with Gasteiger partial charge in [0.2, 0.25) is 0 Å². The van der Waals surface area contributed by atoms with Crippen molar-refractivity contribution >= 4 is 0 Å². The Kier molecular flexibility index (Phi) is 7.09. The normalized spacial score (nSPS) is 21.7. The highest BCUT2D eigenvalue weighted by molar-refractivity contribution is 4.76. The summed E-state index contributed by atoms with van der Waals surface area (Å²) in [5, 5.41) is 13.2. The minimum Gasteiger partial charge on any atom is -0.389 e. The van der Waals surface area contributed by atoms with Gasteiger partial charge in [-0.1, -0.05) is 19.3 Å². The van der Waals surface area contributed by atoms with Crippen LogP contribution in [0.15, 0.2) is 0 Å². The quantitative estimate of drug-likeness (QED) is 0.721. The van der Waals surface area contributed by atoms with Gasteiger partial charge in [-0.2, -0.15) is 0 Å². The SMILES string of the molecule is CC(C)OCC(O)CNC(C)C1CCCCC1. The summed E-state index contributed by atoms with van der Waals surface area (Å²) in [6, 6.07) is 0.518. The number of aliphatic hydroxyl groups excluding tert-OH is 1. The van der Waals surface area contributed by atoms with E-state index in [2.05, 4.69) is 12.2 Å². The molecular weight excluding hydrogens is 214 g/mol. The lowest BCUT2D eigenvalue weighted by Gasteiger charge is -2.29. The second kappa shape index (κ2) is 8.06. The molecule has 102 valence electrons. The van der Waals surface area contributed by atoms with Crippen LogP contribution >= 0.6 is 0 Å². The topological polar surface area (TPSA) is 41.5 Å². The molecular formula is C14H29NO2. The molecule has 0 aromatic heterocycles. The third kappa shape index (κ3) is 6.39. The van der Waals surface area contributed by atoms with Crippen LogP contribution in [0.2, 0.25) is 0 Å². The predicted octanol–water partition coefficient (Wildman–Crippen LogP) is 2.33. The maximum absolute atomic E-state index is 9.76. The van der Waals surface area contributed by atoms with Gasteiger partial charge < -0.3 is 15.2 Å². The number of aliphatic hydroxyl groups is 1. The molecule has 1 aliphatic rings. The maximum atomic E-state index is 9.76. The van der Waals surface area contributed by atoms with Crippen LogP contribution in [-0.2, 0) is 4.74 Å². The Morgan fingerprint density at radius 1 is 1.18 bits per heavy atom. The van der Waals surface area contributed by atoms with E-state index in [0.717, 1.165) is 5.92 Å². The van der Waals surface area contributed by atoms with Gasteiger partial charge in [0.1, 0.15) is 0 Å². The Balaban J connectivity index is 2.11. The lowest BCUT2D eigenvalue weighted by atomic mass is 9.84. The van der Waals surface area contributed by atoms with Gasteiger partial charge in [-0.3, -0.25) is 0 Å². The average Bonchev–Trinajstić information content (AvgIpc) is 2.34. The van der Waals surface area contributed by atoms with Crippen LogP contribution in [0.1, 0.15) is 52.9 Å². The summed E-state index contributed by atoms with van der Waals surface area (Å²) in [7, 11) is 0.